The van der Waals surface area contributed by atoms with Crippen LogP contribution in [0.15, 0.2) is 42.2 Å². The van der Waals surface area contributed by atoms with Crippen LogP contribution in [-0.2, 0) is 0 Å². The highest BCUT2D eigenvalue weighted by Crippen LogP contribution is 2.43. The number of nitrogens with one attached hydrogen (secondary N) is 1. The lowest BCUT2D eigenvalue weighted by molar-refractivity contribution is -0.00320. The number of hydrogen-bond donors (Lipinski definition) is 2. The van der Waals surface area contributed by atoms with Gasteiger partial charge in [-0.2, -0.15) is 4.98 Å². The second-order valence-electron chi connectivity index (χ2n) is 12.6. The Morgan fingerprint density at radius 3 is 2.49 bits per heavy atom. The van der Waals surface area contributed by atoms with E-state index in [9.17, 15) is 5.11 Å². The second-order valence-corrected chi connectivity index (χ2v) is 13.0. The Morgan fingerprint density at radius 2 is 1.80 bits per heavy atom. The molecule has 0 aliphatic carbocycles. The SMILES string of the molecule is C/C(=C\C(O)=C/c1ccccc1C)c1c(Cl)cc2c(N3CC4CCC(C3)N4)nc(N3CC4(CN(C)C4)C3)nc2c1F. The van der Waals surface area contributed by atoms with Gasteiger partial charge in [-0.15, -0.1) is 0 Å². The van der Waals surface area contributed by atoms with Gasteiger partial charge in [0.25, 0.3) is 0 Å². The number of aromatic nitrogens is 2. The van der Waals surface area contributed by atoms with Gasteiger partial charge in [-0.25, -0.2) is 9.37 Å². The Morgan fingerprint density at radius 1 is 1.10 bits per heavy atom. The number of allylic oxidation sites excluding steroid dienone is 2. The first-order valence-electron chi connectivity index (χ1n) is 14.5. The summed E-state index contributed by atoms with van der Waals surface area (Å²) in [6, 6.07) is 10.4. The van der Waals surface area contributed by atoms with Crippen LogP contribution in [0, 0.1) is 18.2 Å². The van der Waals surface area contributed by atoms with E-state index in [1.54, 1.807) is 25.1 Å². The molecule has 2 aromatic carbocycles. The number of rotatable bonds is 5. The smallest absolute Gasteiger partial charge is 0.228 e. The van der Waals surface area contributed by atoms with Gasteiger partial charge < -0.3 is 25.1 Å². The summed E-state index contributed by atoms with van der Waals surface area (Å²) in [6.07, 6.45) is 5.52. The summed E-state index contributed by atoms with van der Waals surface area (Å²) >= 11 is 6.79. The molecule has 7 rings (SSSR count). The van der Waals surface area contributed by atoms with E-state index in [1.807, 2.05) is 31.2 Å². The van der Waals surface area contributed by atoms with Gasteiger partial charge >= 0.3 is 0 Å². The van der Waals surface area contributed by atoms with E-state index >= 15 is 4.39 Å². The Hall–Kier alpha value is -3.20. The monoisotopic (exact) mass is 574 g/mol. The number of fused-ring (bicyclic) bond motifs is 3. The first-order chi connectivity index (χ1) is 19.7. The summed E-state index contributed by atoms with van der Waals surface area (Å²) in [5.41, 5.74) is 3.29. The van der Waals surface area contributed by atoms with E-state index in [0.717, 1.165) is 69.1 Å². The van der Waals surface area contributed by atoms with Crippen LogP contribution < -0.4 is 15.1 Å². The fourth-order valence-electron chi connectivity index (χ4n) is 7.33. The predicted octanol–water partition coefficient (Wildman–Crippen LogP) is 5.43. The quantitative estimate of drug-likeness (QED) is 0.311. The Bertz CT molecular complexity index is 1580. The topological polar surface area (TPSA) is 67.8 Å². The number of hydrogen-bond acceptors (Lipinski definition) is 7. The molecule has 4 fully saturated rings. The highest BCUT2D eigenvalue weighted by molar-refractivity contribution is 6.33. The number of piperazine rings is 1. The van der Waals surface area contributed by atoms with E-state index < -0.39 is 5.82 Å². The van der Waals surface area contributed by atoms with Crippen molar-refractivity contribution in [3.05, 3.63) is 69.7 Å². The van der Waals surface area contributed by atoms with Gasteiger partial charge in [0.2, 0.25) is 5.95 Å². The first kappa shape index (κ1) is 26.7. The molecule has 9 heteroatoms. The van der Waals surface area contributed by atoms with Crippen LogP contribution in [0.5, 0.6) is 0 Å². The molecule has 2 N–H and O–H groups in total. The average molecular weight is 575 g/mol. The lowest BCUT2D eigenvalue weighted by Crippen LogP contribution is -2.71. The van der Waals surface area contributed by atoms with Crippen molar-refractivity contribution in [2.75, 3.05) is 56.1 Å². The van der Waals surface area contributed by atoms with Crippen LogP contribution in [-0.4, -0.2) is 78.4 Å². The van der Waals surface area contributed by atoms with Crippen molar-refractivity contribution in [3.63, 3.8) is 0 Å². The maximum Gasteiger partial charge on any atom is 0.228 e. The third-order valence-corrected chi connectivity index (χ3v) is 9.46. The lowest BCUT2D eigenvalue weighted by Gasteiger charge is -2.59. The number of halogens is 2. The third-order valence-electron chi connectivity index (χ3n) is 9.16. The second kappa shape index (κ2) is 9.96. The van der Waals surface area contributed by atoms with E-state index in [4.69, 9.17) is 21.6 Å². The fourth-order valence-corrected chi connectivity index (χ4v) is 7.67. The summed E-state index contributed by atoms with van der Waals surface area (Å²) in [7, 11) is 2.14. The molecule has 3 aromatic rings. The van der Waals surface area contributed by atoms with E-state index in [2.05, 4.69) is 27.1 Å². The number of anilines is 2. The lowest BCUT2D eigenvalue weighted by atomic mass is 9.73. The van der Waals surface area contributed by atoms with Crippen molar-refractivity contribution < 1.29 is 9.50 Å². The van der Waals surface area contributed by atoms with Gasteiger partial charge in [0, 0.05) is 67.7 Å². The molecule has 4 aliphatic heterocycles. The zero-order chi connectivity index (χ0) is 28.5. The summed E-state index contributed by atoms with van der Waals surface area (Å²) < 4.78 is 16.5. The third kappa shape index (κ3) is 4.76. The summed E-state index contributed by atoms with van der Waals surface area (Å²) in [6.45, 7) is 9.31. The molecule has 5 heterocycles. The van der Waals surface area contributed by atoms with Crippen molar-refractivity contribution in [2.45, 2.75) is 38.8 Å². The molecular weight excluding hydrogens is 539 g/mol. The standard InChI is InChI=1S/C32H36ClFN6O/c1-19-6-4-5-7-21(19)11-24(41)10-20(2)27-26(33)12-25-29(28(27)34)36-31(40-17-32(18-40)15-38(3)16-32)37-30(25)39-13-22-8-9-23(14-39)35-22/h4-7,10-12,22-23,35,41H,8-9,13-18H2,1-3H3/b20-10+,24-11+. The molecule has 2 bridgehead atoms. The van der Waals surface area contributed by atoms with Crippen LogP contribution in [0.25, 0.3) is 22.6 Å². The van der Waals surface area contributed by atoms with Crippen molar-refractivity contribution >= 4 is 45.9 Å². The zero-order valence-corrected chi connectivity index (χ0v) is 24.5. The van der Waals surface area contributed by atoms with Gasteiger partial charge in [-0.05, 0) is 68.7 Å². The van der Waals surface area contributed by atoms with Gasteiger partial charge in [-0.1, -0.05) is 35.9 Å². The molecule has 41 heavy (non-hydrogen) atoms. The van der Waals surface area contributed by atoms with Crippen LogP contribution in [0.4, 0.5) is 16.2 Å². The number of likely N-dealkylation sites (tertiary alicyclic amines) is 1. The Kier molecular flexibility index (Phi) is 6.48. The van der Waals surface area contributed by atoms with Crippen molar-refractivity contribution in [3.8, 4) is 0 Å². The summed E-state index contributed by atoms with van der Waals surface area (Å²) in [4.78, 5) is 16.7. The highest BCUT2D eigenvalue weighted by atomic mass is 35.5. The predicted molar refractivity (Wildman–Crippen MR) is 164 cm³/mol. The normalized spacial score (nSPS) is 24.2. The summed E-state index contributed by atoms with van der Waals surface area (Å²) in [5.74, 6) is 0.886. The van der Waals surface area contributed by atoms with E-state index in [0.29, 0.717) is 34.4 Å². The number of nitrogens with zero attached hydrogens (tertiary/aromatic N) is 5. The molecule has 2 unspecified atom stereocenters. The Balaban J connectivity index is 1.30. The molecule has 4 saturated heterocycles. The minimum Gasteiger partial charge on any atom is -0.508 e. The maximum absolute atomic E-state index is 16.5. The molecule has 2 atom stereocenters. The molecular formula is C32H36ClFN6O. The largest absolute Gasteiger partial charge is 0.508 e. The van der Waals surface area contributed by atoms with Crippen molar-refractivity contribution in [1.29, 1.82) is 0 Å². The molecule has 0 radical (unpaired) electrons. The zero-order valence-electron chi connectivity index (χ0n) is 23.8. The van der Waals surface area contributed by atoms with Crippen LogP contribution >= 0.6 is 11.6 Å². The summed E-state index contributed by atoms with van der Waals surface area (Å²) in [5, 5.41) is 15.3. The number of aryl methyl sites for hydroxylation is 1. The van der Waals surface area contributed by atoms with Gasteiger partial charge in [0.15, 0.2) is 5.82 Å². The van der Waals surface area contributed by atoms with E-state index in [-0.39, 0.29) is 21.9 Å². The Labute approximate surface area is 245 Å². The molecule has 7 nitrogen and oxygen atoms in total. The highest BCUT2D eigenvalue weighted by Gasteiger charge is 2.51. The van der Waals surface area contributed by atoms with Crippen LogP contribution in [0.3, 0.4) is 0 Å². The number of aliphatic hydroxyl groups is 1. The minimum atomic E-state index is -0.480. The fraction of sp³-hybridized carbons (Fsp3) is 0.438. The molecule has 0 amide bonds. The van der Waals surface area contributed by atoms with E-state index in [1.165, 1.54) is 0 Å². The van der Waals surface area contributed by atoms with Gasteiger partial charge in [0.05, 0.1) is 5.02 Å². The van der Waals surface area contributed by atoms with Crippen molar-refractivity contribution in [2.24, 2.45) is 5.41 Å². The van der Waals surface area contributed by atoms with Crippen molar-refractivity contribution in [1.82, 2.24) is 20.2 Å². The molecule has 1 aromatic heterocycles. The average Bonchev–Trinajstić information content (AvgIpc) is 3.23. The van der Waals surface area contributed by atoms with Gasteiger partial charge in [0.1, 0.15) is 17.1 Å². The minimum absolute atomic E-state index is 0.0315. The molecule has 214 valence electrons. The molecule has 4 aliphatic rings. The first-order valence-corrected chi connectivity index (χ1v) is 14.8. The molecule has 0 saturated carbocycles. The number of benzene rings is 2. The van der Waals surface area contributed by atoms with Crippen LogP contribution in [0.1, 0.15) is 36.5 Å². The maximum atomic E-state index is 16.5. The molecule has 1 spiro atoms. The van der Waals surface area contributed by atoms with Crippen LogP contribution in [0.2, 0.25) is 5.02 Å². The number of aliphatic hydroxyl groups excluding tert-OH is 1. The van der Waals surface area contributed by atoms with Gasteiger partial charge in [-0.3, -0.25) is 0 Å².